The molecule has 5 heteroatoms. The van der Waals surface area contributed by atoms with E-state index < -0.39 is 5.97 Å². The van der Waals surface area contributed by atoms with Gasteiger partial charge in [-0.3, -0.25) is 4.79 Å². The highest BCUT2D eigenvalue weighted by atomic mass is 16.5. The standard InChI is InChI=1S/C14H20N2O3/c1-5-16(4)13(17)8-19-14(18)11-7-12(15)10(3)6-9(11)2/h6-7H,5,8,15H2,1-4H3. The lowest BCUT2D eigenvalue weighted by atomic mass is 10.0. The smallest absolute Gasteiger partial charge is 0.338 e. The van der Waals surface area contributed by atoms with Crippen LogP contribution >= 0.6 is 0 Å². The normalized spacial score (nSPS) is 10.1. The third kappa shape index (κ3) is 3.71. The number of nitrogens with zero attached hydrogens (tertiary/aromatic N) is 1. The SMILES string of the molecule is CCN(C)C(=O)COC(=O)c1cc(N)c(C)cc1C. The van der Waals surface area contributed by atoms with Gasteiger partial charge in [0.1, 0.15) is 0 Å². The van der Waals surface area contributed by atoms with Crippen LogP contribution in [0.5, 0.6) is 0 Å². The number of amides is 1. The van der Waals surface area contributed by atoms with Crippen molar-refractivity contribution in [2.24, 2.45) is 0 Å². The van der Waals surface area contributed by atoms with Crippen LogP contribution in [0.4, 0.5) is 5.69 Å². The summed E-state index contributed by atoms with van der Waals surface area (Å²) in [6, 6.07) is 3.41. The molecule has 1 aromatic rings. The molecule has 1 rings (SSSR count). The molecule has 0 bridgehead atoms. The van der Waals surface area contributed by atoms with Crippen LogP contribution in [0.2, 0.25) is 0 Å². The summed E-state index contributed by atoms with van der Waals surface area (Å²) in [6.07, 6.45) is 0. The number of benzene rings is 1. The predicted octanol–water partition coefficient (Wildman–Crippen LogP) is 1.52. The first-order chi connectivity index (χ1) is 8.86. The molecule has 0 spiro atoms. The highest BCUT2D eigenvalue weighted by Gasteiger charge is 2.15. The Morgan fingerprint density at radius 1 is 1.26 bits per heavy atom. The number of nitrogens with two attached hydrogens (primary N) is 1. The Morgan fingerprint density at radius 2 is 1.89 bits per heavy atom. The van der Waals surface area contributed by atoms with Gasteiger partial charge in [-0.05, 0) is 38.0 Å². The number of rotatable bonds is 4. The number of likely N-dealkylation sites (N-methyl/N-ethyl adjacent to an activating group) is 1. The molecule has 5 nitrogen and oxygen atoms in total. The summed E-state index contributed by atoms with van der Waals surface area (Å²) in [7, 11) is 1.66. The number of carbonyl (C=O) groups is 2. The van der Waals surface area contributed by atoms with Crippen LogP contribution in [-0.2, 0) is 9.53 Å². The molecule has 1 amide bonds. The lowest BCUT2D eigenvalue weighted by molar-refractivity contribution is -0.133. The summed E-state index contributed by atoms with van der Waals surface area (Å²) in [5.41, 5.74) is 8.40. The van der Waals surface area contributed by atoms with Crippen molar-refractivity contribution in [3.05, 3.63) is 28.8 Å². The van der Waals surface area contributed by atoms with Crippen molar-refractivity contribution in [3.8, 4) is 0 Å². The van der Waals surface area contributed by atoms with E-state index >= 15 is 0 Å². The average molecular weight is 264 g/mol. The molecular formula is C14H20N2O3. The number of hydrogen-bond acceptors (Lipinski definition) is 4. The van der Waals surface area contributed by atoms with Crippen molar-refractivity contribution >= 4 is 17.6 Å². The number of aryl methyl sites for hydroxylation is 2. The van der Waals surface area contributed by atoms with Crippen LogP contribution < -0.4 is 5.73 Å². The van der Waals surface area contributed by atoms with Crippen molar-refractivity contribution < 1.29 is 14.3 Å². The maximum Gasteiger partial charge on any atom is 0.338 e. The molecule has 2 N–H and O–H groups in total. The molecule has 0 aliphatic heterocycles. The van der Waals surface area contributed by atoms with Crippen molar-refractivity contribution in [1.29, 1.82) is 0 Å². The quantitative estimate of drug-likeness (QED) is 0.661. The van der Waals surface area contributed by atoms with Crippen LogP contribution in [0.25, 0.3) is 0 Å². The van der Waals surface area contributed by atoms with E-state index in [0.29, 0.717) is 17.8 Å². The van der Waals surface area contributed by atoms with Crippen LogP contribution in [0, 0.1) is 13.8 Å². The lowest BCUT2D eigenvalue weighted by Crippen LogP contribution is -2.31. The van der Waals surface area contributed by atoms with Gasteiger partial charge in [0.15, 0.2) is 6.61 Å². The fourth-order valence-corrected chi connectivity index (χ4v) is 1.58. The van der Waals surface area contributed by atoms with Gasteiger partial charge in [0, 0.05) is 19.3 Å². The van der Waals surface area contributed by atoms with E-state index in [2.05, 4.69) is 0 Å². The molecule has 0 saturated carbocycles. The first-order valence-electron chi connectivity index (χ1n) is 6.14. The monoisotopic (exact) mass is 264 g/mol. The van der Waals surface area contributed by atoms with Gasteiger partial charge in [-0.25, -0.2) is 4.79 Å². The van der Waals surface area contributed by atoms with Gasteiger partial charge in [-0.2, -0.15) is 0 Å². The van der Waals surface area contributed by atoms with Crippen LogP contribution in [0.15, 0.2) is 12.1 Å². The predicted molar refractivity (Wildman–Crippen MR) is 73.9 cm³/mol. The summed E-state index contributed by atoms with van der Waals surface area (Å²) >= 11 is 0. The van der Waals surface area contributed by atoms with Crippen LogP contribution in [0.1, 0.15) is 28.4 Å². The zero-order valence-corrected chi connectivity index (χ0v) is 11.8. The lowest BCUT2D eigenvalue weighted by Gasteiger charge is -2.15. The van der Waals surface area contributed by atoms with E-state index in [0.717, 1.165) is 11.1 Å². The first kappa shape index (κ1) is 15.0. The Morgan fingerprint density at radius 3 is 2.47 bits per heavy atom. The number of esters is 1. The molecule has 1 aromatic carbocycles. The zero-order valence-electron chi connectivity index (χ0n) is 11.8. The van der Waals surface area contributed by atoms with Gasteiger partial charge >= 0.3 is 5.97 Å². The fraction of sp³-hybridized carbons (Fsp3) is 0.429. The Balaban J connectivity index is 2.74. The molecule has 0 aromatic heterocycles. The Bertz CT molecular complexity index is 498. The van der Waals surface area contributed by atoms with Crippen molar-refractivity contribution in [1.82, 2.24) is 4.90 Å². The Hall–Kier alpha value is -2.04. The molecule has 0 saturated heterocycles. The second kappa shape index (κ2) is 6.22. The van der Waals surface area contributed by atoms with E-state index in [1.807, 2.05) is 26.8 Å². The minimum Gasteiger partial charge on any atom is -0.452 e. The molecule has 19 heavy (non-hydrogen) atoms. The van der Waals surface area contributed by atoms with Crippen molar-refractivity contribution in [2.45, 2.75) is 20.8 Å². The van der Waals surface area contributed by atoms with Crippen LogP contribution in [-0.4, -0.2) is 37.0 Å². The number of hydrogen-bond donors (Lipinski definition) is 1. The van der Waals surface area contributed by atoms with Crippen molar-refractivity contribution in [2.75, 3.05) is 25.9 Å². The number of carbonyl (C=O) groups excluding carboxylic acids is 2. The molecule has 0 fully saturated rings. The highest BCUT2D eigenvalue weighted by molar-refractivity contribution is 5.93. The van der Waals surface area contributed by atoms with Gasteiger partial charge in [-0.1, -0.05) is 6.07 Å². The largest absolute Gasteiger partial charge is 0.452 e. The van der Waals surface area contributed by atoms with E-state index in [-0.39, 0.29) is 12.5 Å². The zero-order chi connectivity index (χ0) is 14.6. The minimum absolute atomic E-state index is 0.228. The van der Waals surface area contributed by atoms with Crippen LogP contribution in [0.3, 0.4) is 0 Å². The first-order valence-corrected chi connectivity index (χ1v) is 6.14. The number of ether oxygens (including phenoxy) is 1. The summed E-state index contributed by atoms with van der Waals surface area (Å²) in [5.74, 6) is -0.754. The second-order valence-electron chi connectivity index (χ2n) is 4.51. The fourth-order valence-electron chi connectivity index (χ4n) is 1.58. The van der Waals surface area contributed by atoms with Gasteiger partial charge in [0.2, 0.25) is 0 Å². The number of anilines is 1. The molecule has 0 heterocycles. The average Bonchev–Trinajstić information content (AvgIpc) is 2.38. The third-order valence-electron chi connectivity index (χ3n) is 3.06. The van der Waals surface area contributed by atoms with E-state index in [4.69, 9.17) is 10.5 Å². The topological polar surface area (TPSA) is 72.6 Å². The highest BCUT2D eigenvalue weighted by Crippen LogP contribution is 2.18. The summed E-state index contributed by atoms with van der Waals surface area (Å²) in [5, 5.41) is 0. The third-order valence-corrected chi connectivity index (χ3v) is 3.06. The second-order valence-corrected chi connectivity index (χ2v) is 4.51. The molecule has 0 radical (unpaired) electrons. The minimum atomic E-state index is -0.526. The molecule has 0 unspecified atom stereocenters. The molecular weight excluding hydrogens is 244 g/mol. The van der Waals surface area contributed by atoms with E-state index in [1.165, 1.54) is 4.90 Å². The summed E-state index contributed by atoms with van der Waals surface area (Å²) in [6.45, 7) is 5.86. The van der Waals surface area contributed by atoms with Crippen molar-refractivity contribution in [3.63, 3.8) is 0 Å². The Labute approximate surface area is 113 Å². The van der Waals surface area contributed by atoms with Gasteiger partial charge in [-0.15, -0.1) is 0 Å². The molecule has 104 valence electrons. The summed E-state index contributed by atoms with van der Waals surface area (Å²) < 4.78 is 5.00. The van der Waals surface area contributed by atoms with E-state index in [9.17, 15) is 9.59 Å². The molecule has 0 aliphatic rings. The van der Waals surface area contributed by atoms with Gasteiger partial charge in [0.25, 0.3) is 5.91 Å². The van der Waals surface area contributed by atoms with Gasteiger partial charge < -0.3 is 15.4 Å². The Kier molecular flexibility index (Phi) is 4.92. The van der Waals surface area contributed by atoms with Gasteiger partial charge in [0.05, 0.1) is 5.56 Å². The maximum absolute atomic E-state index is 11.9. The molecule has 0 atom stereocenters. The number of nitrogen functional groups attached to an aromatic ring is 1. The van der Waals surface area contributed by atoms with E-state index in [1.54, 1.807) is 13.1 Å². The summed E-state index contributed by atoms with van der Waals surface area (Å²) in [4.78, 5) is 24.9. The maximum atomic E-state index is 11.9. The molecule has 0 aliphatic carbocycles.